The molecule has 1 saturated heterocycles. The molecule has 0 bridgehead atoms. The molecular formula is C11H16N2O3S. The summed E-state index contributed by atoms with van der Waals surface area (Å²) in [7, 11) is -3.51. The Morgan fingerprint density at radius 1 is 1.47 bits per heavy atom. The lowest BCUT2D eigenvalue weighted by molar-refractivity contribution is 0.117. The first-order chi connectivity index (χ1) is 7.99. The normalized spacial score (nSPS) is 25.0. The summed E-state index contributed by atoms with van der Waals surface area (Å²) in [5.74, 6) is 0. The van der Waals surface area contributed by atoms with E-state index >= 15 is 0 Å². The summed E-state index contributed by atoms with van der Waals surface area (Å²) in [6, 6.07) is 6.09. The summed E-state index contributed by atoms with van der Waals surface area (Å²) in [5.41, 5.74) is 6.01. The van der Waals surface area contributed by atoms with Crippen LogP contribution in [0.1, 0.15) is 13.3 Å². The quantitative estimate of drug-likeness (QED) is 0.781. The van der Waals surface area contributed by atoms with E-state index in [1.807, 2.05) is 6.92 Å². The number of sulfonamides is 1. The summed E-state index contributed by atoms with van der Waals surface area (Å²) in [4.78, 5) is 0.191. The van der Waals surface area contributed by atoms with E-state index in [9.17, 15) is 8.42 Å². The molecule has 5 nitrogen and oxygen atoms in total. The van der Waals surface area contributed by atoms with Gasteiger partial charge in [0.25, 0.3) is 0 Å². The lowest BCUT2D eigenvalue weighted by Gasteiger charge is -2.16. The van der Waals surface area contributed by atoms with E-state index < -0.39 is 10.0 Å². The van der Waals surface area contributed by atoms with Gasteiger partial charge in [0.1, 0.15) is 0 Å². The van der Waals surface area contributed by atoms with Gasteiger partial charge in [-0.25, -0.2) is 13.1 Å². The molecule has 0 aromatic heterocycles. The minimum absolute atomic E-state index is 0.0918. The molecular weight excluding hydrogens is 240 g/mol. The van der Waals surface area contributed by atoms with Crippen LogP contribution in [-0.2, 0) is 14.8 Å². The van der Waals surface area contributed by atoms with Gasteiger partial charge in [-0.05, 0) is 31.5 Å². The van der Waals surface area contributed by atoms with Crippen LogP contribution in [0.15, 0.2) is 29.2 Å². The number of benzene rings is 1. The van der Waals surface area contributed by atoms with Crippen LogP contribution in [0.2, 0.25) is 0 Å². The number of nitrogens with two attached hydrogens (primary N) is 1. The third-order valence-corrected chi connectivity index (χ3v) is 4.34. The number of ether oxygens (including phenoxy) is 1. The molecule has 3 N–H and O–H groups in total. The van der Waals surface area contributed by atoms with Crippen molar-refractivity contribution >= 4 is 15.7 Å². The predicted octanol–water partition coefficient (Wildman–Crippen LogP) is 0.724. The number of hydrogen-bond acceptors (Lipinski definition) is 4. The number of rotatable bonds is 3. The highest BCUT2D eigenvalue weighted by Gasteiger charge is 2.29. The summed E-state index contributed by atoms with van der Waals surface area (Å²) in [5, 5.41) is 0. The zero-order chi connectivity index (χ0) is 12.5. The van der Waals surface area contributed by atoms with Gasteiger partial charge in [0.2, 0.25) is 10.0 Å². The van der Waals surface area contributed by atoms with E-state index in [1.165, 1.54) is 12.1 Å². The maximum absolute atomic E-state index is 12.1. The van der Waals surface area contributed by atoms with E-state index in [-0.39, 0.29) is 17.0 Å². The molecule has 1 heterocycles. The second-order valence-electron chi connectivity index (χ2n) is 4.16. The van der Waals surface area contributed by atoms with Gasteiger partial charge >= 0.3 is 0 Å². The summed E-state index contributed by atoms with van der Waals surface area (Å²) < 4.78 is 32.1. The molecule has 0 aliphatic carbocycles. The maximum atomic E-state index is 12.1. The second kappa shape index (κ2) is 4.64. The van der Waals surface area contributed by atoms with Crippen molar-refractivity contribution in [2.45, 2.75) is 30.4 Å². The predicted molar refractivity (Wildman–Crippen MR) is 65.0 cm³/mol. The number of nitrogens with one attached hydrogen (secondary N) is 1. The molecule has 17 heavy (non-hydrogen) atoms. The van der Waals surface area contributed by atoms with Gasteiger partial charge in [-0.15, -0.1) is 0 Å². The molecule has 1 aliphatic rings. The average Bonchev–Trinajstić information content (AvgIpc) is 2.64. The van der Waals surface area contributed by atoms with E-state index in [0.717, 1.165) is 0 Å². The molecule has 1 fully saturated rings. The van der Waals surface area contributed by atoms with Crippen LogP contribution < -0.4 is 10.5 Å². The second-order valence-corrected chi connectivity index (χ2v) is 5.88. The van der Waals surface area contributed by atoms with Crippen molar-refractivity contribution in [1.29, 1.82) is 0 Å². The fourth-order valence-electron chi connectivity index (χ4n) is 1.84. The Kier molecular flexibility index (Phi) is 3.37. The largest absolute Gasteiger partial charge is 0.399 e. The first-order valence-corrected chi connectivity index (χ1v) is 6.97. The van der Waals surface area contributed by atoms with Crippen molar-refractivity contribution in [2.75, 3.05) is 12.3 Å². The van der Waals surface area contributed by atoms with Crippen LogP contribution in [0.3, 0.4) is 0 Å². The van der Waals surface area contributed by atoms with Crippen LogP contribution in [0, 0.1) is 0 Å². The van der Waals surface area contributed by atoms with Crippen LogP contribution in [0.5, 0.6) is 0 Å². The number of anilines is 1. The van der Waals surface area contributed by atoms with Crippen molar-refractivity contribution in [3.8, 4) is 0 Å². The fourth-order valence-corrected chi connectivity index (χ4v) is 3.23. The van der Waals surface area contributed by atoms with Crippen molar-refractivity contribution in [2.24, 2.45) is 0 Å². The van der Waals surface area contributed by atoms with Crippen molar-refractivity contribution in [1.82, 2.24) is 4.72 Å². The molecule has 0 amide bonds. The third kappa shape index (κ3) is 2.77. The van der Waals surface area contributed by atoms with Gasteiger partial charge < -0.3 is 10.5 Å². The minimum Gasteiger partial charge on any atom is -0.399 e. The van der Waals surface area contributed by atoms with Crippen molar-refractivity contribution in [3.63, 3.8) is 0 Å². The van der Waals surface area contributed by atoms with Crippen molar-refractivity contribution in [3.05, 3.63) is 24.3 Å². The topological polar surface area (TPSA) is 81.4 Å². The Balaban J connectivity index is 2.19. The number of nitrogen functional groups attached to an aromatic ring is 1. The Labute approximate surface area is 101 Å². The summed E-state index contributed by atoms with van der Waals surface area (Å²) >= 11 is 0. The molecule has 94 valence electrons. The van der Waals surface area contributed by atoms with E-state index in [0.29, 0.717) is 18.7 Å². The highest BCUT2D eigenvalue weighted by Crippen LogP contribution is 2.18. The van der Waals surface area contributed by atoms with Crippen LogP contribution >= 0.6 is 0 Å². The molecule has 6 heteroatoms. The third-order valence-electron chi connectivity index (χ3n) is 2.85. The van der Waals surface area contributed by atoms with Gasteiger partial charge in [0.05, 0.1) is 17.0 Å². The Morgan fingerprint density at radius 2 is 2.24 bits per heavy atom. The number of hydrogen-bond donors (Lipinski definition) is 2. The highest BCUT2D eigenvalue weighted by molar-refractivity contribution is 7.89. The lowest BCUT2D eigenvalue weighted by Crippen LogP contribution is -2.39. The SMILES string of the molecule is CC1OCCC1NS(=O)(=O)c1cccc(N)c1. The van der Waals surface area contributed by atoms with Crippen LogP contribution in [0.4, 0.5) is 5.69 Å². The molecule has 2 unspecified atom stereocenters. The van der Waals surface area contributed by atoms with E-state index in [1.54, 1.807) is 12.1 Å². The zero-order valence-corrected chi connectivity index (χ0v) is 10.4. The van der Waals surface area contributed by atoms with Gasteiger partial charge in [-0.1, -0.05) is 6.07 Å². The van der Waals surface area contributed by atoms with Gasteiger partial charge in [-0.3, -0.25) is 0 Å². The monoisotopic (exact) mass is 256 g/mol. The van der Waals surface area contributed by atoms with Crippen molar-refractivity contribution < 1.29 is 13.2 Å². The molecule has 1 aromatic carbocycles. The van der Waals surface area contributed by atoms with Gasteiger partial charge in [-0.2, -0.15) is 0 Å². The first kappa shape index (κ1) is 12.3. The molecule has 0 spiro atoms. The highest BCUT2D eigenvalue weighted by atomic mass is 32.2. The summed E-state index contributed by atoms with van der Waals surface area (Å²) in [6.45, 7) is 2.45. The van der Waals surface area contributed by atoms with Gasteiger partial charge in [0, 0.05) is 12.3 Å². The Bertz CT molecular complexity index is 501. The molecule has 2 rings (SSSR count). The molecule has 0 saturated carbocycles. The molecule has 1 aliphatic heterocycles. The Hall–Kier alpha value is -1.11. The summed E-state index contributed by atoms with van der Waals surface area (Å²) in [6.07, 6.45) is 0.605. The molecule has 1 aromatic rings. The lowest BCUT2D eigenvalue weighted by atomic mass is 10.2. The van der Waals surface area contributed by atoms with Gasteiger partial charge in [0.15, 0.2) is 0 Å². The fraction of sp³-hybridized carbons (Fsp3) is 0.455. The van der Waals surface area contributed by atoms with E-state index in [4.69, 9.17) is 10.5 Å². The molecule has 0 radical (unpaired) electrons. The Morgan fingerprint density at radius 3 is 2.82 bits per heavy atom. The standard InChI is InChI=1S/C11H16N2O3S/c1-8-11(5-6-16-8)13-17(14,15)10-4-2-3-9(12)7-10/h2-4,7-8,11,13H,5-6,12H2,1H3. The minimum atomic E-state index is -3.51. The zero-order valence-electron chi connectivity index (χ0n) is 9.59. The first-order valence-electron chi connectivity index (χ1n) is 5.48. The van der Waals surface area contributed by atoms with Crippen LogP contribution in [0.25, 0.3) is 0 Å². The van der Waals surface area contributed by atoms with E-state index in [2.05, 4.69) is 4.72 Å². The molecule has 2 atom stereocenters. The van der Waals surface area contributed by atoms with Crippen LogP contribution in [-0.4, -0.2) is 27.2 Å². The maximum Gasteiger partial charge on any atom is 0.240 e. The smallest absolute Gasteiger partial charge is 0.240 e. The average molecular weight is 256 g/mol.